The Bertz CT molecular complexity index is 418. The van der Waals surface area contributed by atoms with Crippen LogP contribution in [-0.4, -0.2) is 10.9 Å². The van der Waals surface area contributed by atoms with E-state index in [1.807, 2.05) is 0 Å². The first-order valence-corrected chi connectivity index (χ1v) is 5.03. The van der Waals surface area contributed by atoms with Gasteiger partial charge in [-0.05, 0) is 30.4 Å². The highest BCUT2D eigenvalue weighted by molar-refractivity contribution is 6.35. The molecule has 2 rings (SSSR count). The first kappa shape index (κ1) is 9.74. The topological polar surface area (TPSA) is 56.0 Å². The molecular formula is C9H8Cl2N2O. The fourth-order valence-corrected chi connectivity index (χ4v) is 2.46. The minimum atomic E-state index is -0.530. The number of primary amides is 1. The fourth-order valence-electron chi connectivity index (χ4n) is 1.83. The summed E-state index contributed by atoms with van der Waals surface area (Å²) in [4.78, 5) is 15.0. The number of pyridine rings is 1. The zero-order valence-corrected chi connectivity index (χ0v) is 8.82. The molecule has 0 bridgehead atoms. The Kier molecular flexibility index (Phi) is 2.37. The minimum absolute atomic E-state index is 0.114. The van der Waals surface area contributed by atoms with E-state index in [4.69, 9.17) is 28.9 Å². The number of halogens is 2. The molecule has 1 aromatic rings. The molecule has 1 heterocycles. The molecule has 0 spiro atoms. The Balaban J connectivity index is 2.72. The summed E-state index contributed by atoms with van der Waals surface area (Å²) in [6.07, 6.45) is 2.62. The first-order valence-electron chi connectivity index (χ1n) is 4.28. The smallest absolute Gasteiger partial charge is 0.252 e. The molecular weight excluding hydrogens is 223 g/mol. The second-order valence-electron chi connectivity index (χ2n) is 3.24. The first-order chi connectivity index (χ1) is 6.61. The van der Waals surface area contributed by atoms with Crippen molar-refractivity contribution in [2.24, 2.45) is 5.73 Å². The predicted molar refractivity (Wildman–Crippen MR) is 54.8 cm³/mol. The van der Waals surface area contributed by atoms with Gasteiger partial charge in [0.25, 0.3) is 5.91 Å². The molecule has 0 atom stereocenters. The second kappa shape index (κ2) is 3.41. The fraction of sp³-hybridized carbons (Fsp3) is 0.333. The van der Waals surface area contributed by atoms with Gasteiger partial charge in [-0.15, -0.1) is 0 Å². The quantitative estimate of drug-likeness (QED) is 0.751. The van der Waals surface area contributed by atoms with E-state index in [-0.39, 0.29) is 5.15 Å². The van der Waals surface area contributed by atoms with Crippen LogP contribution in [0, 0.1) is 0 Å². The summed E-state index contributed by atoms with van der Waals surface area (Å²) in [5, 5.41) is 0.510. The van der Waals surface area contributed by atoms with Gasteiger partial charge in [0.1, 0.15) is 10.3 Å². The van der Waals surface area contributed by atoms with Crippen LogP contribution < -0.4 is 5.73 Å². The zero-order chi connectivity index (χ0) is 10.3. The zero-order valence-electron chi connectivity index (χ0n) is 7.31. The Morgan fingerprint density at radius 2 is 1.86 bits per heavy atom. The molecule has 0 fully saturated rings. The number of aromatic nitrogens is 1. The monoisotopic (exact) mass is 230 g/mol. The van der Waals surface area contributed by atoms with Crippen molar-refractivity contribution in [3.8, 4) is 0 Å². The number of hydrogen-bond donors (Lipinski definition) is 1. The van der Waals surface area contributed by atoms with E-state index in [2.05, 4.69) is 4.98 Å². The molecule has 5 heteroatoms. The van der Waals surface area contributed by atoms with Crippen LogP contribution in [0.2, 0.25) is 10.3 Å². The number of nitrogens with two attached hydrogens (primary N) is 1. The van der Waals surface area contributed by atoms with E-state index < -0.39 is 5.91 Å². The average molecular weight is 231 g/mol. The van der Waals surface area contributed by atoms with Crippen molar-refractivity contribution in [1.82, 2.24) is 4.98 Å². The summed E-state index contributed by atoms with van der Waals surface area (Å²) in [5.74, 6) is -0.530. The number of rotatable bonds is 1. The third-order valence-electron chi connectivity index (χ3n) is 2.42. The second-order valence-corrected chi connectivity index (χ2v) is 3.96. The van der Waals surface area contributed by atoms with E-state index in [0.717, 1.165) is 30.4 Å². The van der Waals surface area contributed by atoms with Crippen LogP contribution in [0.15, 0.2) is 0 Å². The molecule has 3 nitrogen and oxygen atoms in total. The molecule has 74 valence electrons. The van der Waals surface area contributed by atoms with Crippen molar-refractivity contribution >= 4 is 29.1 Å². The highest BCUT2D eigenvalue weighted by Crippen LogP contribution is 2.33. The lowest BCUT2D eigenvalue weighted by atomic mass is 10.1. The normalized spacial score (nSPS) is 14.1. The number of nitrogens with zero attached hydrogens (tertiary/aromatic N) is 1. The molecule has 0 aromatic carbocycles. The molecule has 1 aliphatic rings. The predicted octanol–water partition coefficient (Wildman–Crippen LogP) is 1.98. The summed E-state index contributed by atoms with van der Waals surface area (Å²) in [7, 11) is 0. The maximum absolute atomic E-state index is 11.1. The van der Waals surface area contributed by atoms with Crippen LogP contribution >= 0.6 is 23.2 Å². The number of carbonyl (C=O) groups is 1. The lowest BCUT2D eigenvalue weighted by Crippen LogP contribution is -2.15. The third kappa shape index (κ3) is 1.37. The molecule has 0 radical (unpaired) electrons. The minimum Gasteiger partial charge on any atom is -0.365 e. The molecule has 1 aromatic heterocycles. The van der Waals surface area contributed by atoms with Crippen LogP contribution in [0.25, 0.3) is 0 Å². The number of hydrogen-bond acceptors (Lipinski definition) is 2. The van der Waals surface area contributed by atoms with Crippen LogP contribution in [0.5, 0.6) is 0 Å². The van der Waals surface area contributed by atoms with Crippen LogP contribution in [0.3, 0.4) is 0 Å². The lowest BCUT2D eigenvalue weighted by Gasteiger charge is -2.07. The van der Waals surface area contributed by atoms with Gasteiger partial charge in [-0.25, -0.2) is 4.98 Å². The lowest BCUT2D eigenvalue weighted by molar-refractivity contribution is 0.0999. The van der Waals surface area contributed by atoms with Gasteiger partial charge in [0.05, 0.1) is 5.56 Å². The maximum atomic E-state index is 11.1. The summed E-state index contributed by atoms with van der Waals surface area (Å²) >= 11 is 11.7. The molecule has 1 amide bonds. The number of carbonyl (C=O) groups excluding carboxylic acids is 1. The number of amides is 1. The van der Waals surface area contributed by atoms with Crippen molar-refractivity contribution < 1.29 is 4.79 Å². The van der Waals surface area contributed by atoms with Gasteiger partial charge >= 0.3 is 0 Å². The molecule has 0 unspecified atom stereocenters. The summed E-state index contributed by atoms with van der Waals surface area (Å²) in [6, 6.07) is 0. The van der Waals surface area contributed by atoms with Gasteiger partial charge in [0.2, 0.25) is 0 Å². The van der Waals surface area contributed by atoms with Gasteiger partial charge in [0, 0.05) is 0 Å². The van der Waals surface area contributed by atoms with Crippen molar-refractivity contribution in [2.45, 2.75) is 19.3 Å². The molecule has 1 aliphatic carbocycles. The van der Waals surface area contributed by atoms with E-state index >= 15 is 0 Å². The summed E-state index contributed by atoms with van der Waals surface area (Å²) in [6.45, 7) is 0. The van der Waals surface area contributed by atoms with Crippen molar-refractivity contribution in [3.63, 3.8) is 0 Å². The average Bonchev–Trinajstić information content (AvgIpc) is 2.51. The van der Waals surface area contributed by atoms with E-state index in [1.165, 1.54) is 0 Å². The van der Waals surface area contributed by atoms with Gasteiger partial charge < -0.3 is 5.73 Å². The Morgan fingerprint density at radius 3 is 2.50 bits per heavy atom. The van der Waals surface area contributed by atoms with E-state index in [9.17, 15) is 4.79 Å². The Hall–Kier alpha value is -0.800. The van der Waals surface area contributed by atoms with Crippen molar-refractivity contribution in [3.05, 3.63) is 27.0 Å². The van der Waals surface area contributed by atoms with Crippen molar-refractivity contribution in [2.75, 3.05) is 0 Å². The molecule has 14 heavy (non-hydrogen) atoms. The van der Waals surface area contributed by atoms with E-state index in [1.54, 1.807) is 0 Å². The van der Waals surface area contributed by atoms with Crippen LogP contribution in [0.4, 0.5) is 0 Å². The maximum Gasteiger partial charge on any atom is 0.252 e. The van der Waals surface area contributed by atoms with Gasteiger partial charge in [-0.1, -0.05) is 23.2 Å². The van der Waals surface area contributed by atoms with E-state index in [0.29, 0.717) is 10.7 Å². The van der Waals surface area contributed by atoms with Gasteiger partial charge in [-0.2, -0.15) is 0 Å². The molecule has 0 saturated heterocycles. The molecule has 2 N–H and O–H groups in total. The summed E-state index contributed by atoms with van der Waals surface area (Å²) in [5.41, 5.74) is 7.37. The Morgan fingerprint density at radius 1 is 1.21 bits per heavy atom. The largest absolute Gasteiger partial charge is 0.365 e. The number of fused-ring (bicyclic) bond motifs is 1. The highest BCUT2D eigenvalue weighted by atomic mass is 35.5. The van der Waals surface area contributed by atoms with Crippen LogP contribution in [0.1, 0.15) is 27.9 Å². The SMILES string of the molecule is NC(=O)c1c(Cl)nc(Cl)c2c1CCC2. The van der Waals surface area contributed by atoms with Gasteiger partial charge in [-0.3, -0.25) is 4.79 Å². The Labute approximate surface area is 91.2 Å². The molecule has 0 aliphatic heterocycles. The third-order valence-corrected chi connectivity index (χ3v) is 3.00. The van der Waals surface area contributed by atoms with Crippen LogP contribution in [-0.2, 0) is 12.8 Å². The van der Waals surface area contributed by atoms with Gasteiger partial charge in [0.15, 0.2) is 0 Å². The van der Waals surface area contributed by atoms with Crippen molar-refractivity contribution in [1.29, 1.82) is 0 Å². The summed E-state index contributed by atoms with van der Waals surface area (Å²) < 4.78 is 0. The molecule has 0 saturated carbocycles. The highest BCUT2D eigenvalue weighted by Gasteiger charge is 2.24. The standard InChI is InChI=1S/C9H8Cl2N2O/c10-7-5-3-1-2-4(5)6(9(12)14)8(11)13-7/h1-3H2,(H2,12,14).